The van der Waals surface area contributed by atoms with E-state index in [9.17, 15) is 0 Å². The summed E-state index contributed by atoms with van der Waals surface area (Å²) in [4.78, 5) is 0. The molecule has 0 aliphatic carbocycles. The Morgan fingerprint density at radius 2 is 2.50 bits per heavy atom. The second-order valence-electron chi connectivity index (χ2n) is 1.67. The average Bonchev–Trinajstić information content (AvgIpc) is 2.14. The smallest absolute Gasteiger partial charge is 0.127 e. The van der Waals surface area contributed by atoms with Crippen molar-refractivity contribution in [3.8, 4) is 0 Å². The van der Waals surface area contributed by atoms with Gasteiger partial charge in [0.05, 0.1) is 5.69 Å². The van der Waals surface area contributed by atoms with Crippen LogP contribution in [0, 0.1) is 13.3 Å². The SMILES string of the molecule is C[CH]c1nocc1C. The normalized spacial score (nSPS) is 9.75. The van der Waals surface area contributed by atoms with Crippen LogP contribution >= 0.6 is 0 Å². The van der Waals surface area contributed by atoms with Crippen LogP contribution in [0.3, 0.4) is 0 Å². The van der Waals surface area contributed by atoms with Crippen molar-refractivity contribution in [3.05, 3.63) is 23.9 Å². The van der Waals surface area contributed by atoms with Gasteiger partial charge in [-0.2, -0.15) is 0 Å². The zero-order valence-electron chi connectivity index (χ0n) is 5.01. The summed E-state index contributed by atoms with van der Waals surface area (Å²) in [6.07, 6.45) is 3.55. The molecule has 1 rings (SSSR count). The predicted molar refractivity (Wildman–Crippen MR) is 30.3 cm³/mol. The lowest BCUT2D eigenvalue weighted by molar-refractivity contribution is 0.415. The van der Waals surface area contributed by atoms with Gasteiger partial charge in [-0.1, -0.05) is 12.1 Å². The second kappa shape index (κ2) is 1.99. The molecule has 2 nitrogen and oxygen atoms in total. The van der Waals surface area contributed by atoms with Gasteiger partial charge >= 0.3 is 0 Å². The molecule has 0 atom stereocenters. The van der Waals surface area contributed by atoms with E-state index in [1.807, 2.05) is 20.3 Å². The number of rotatable bonds is 1. The molecule has 0 unspecified atom stereocenters. The van der Waals surface area contributed by atoms with Crippen molar-refractivity contribution in [1.29, 1.82) is 0 Å². The fourth-order valence-corrected chi connectivity index (χ4v) is 0.575. The maximum absolute atomic E-state index is 4.65. The molecule has 0 amide bonds. The number of hydrogen-bond donors (Lipinski definition) is 0. The molecule has 0 saturated carbocycles. The van der Waals surface area contributed by atoms with Crippen LogP contribution in [0.1, 0.15) is 18.2 Å². The van der Waals surface area contributed by atoms with E-state index >= 15 is 0 Å². The minimum Gasteiger partial charge on any atom is -0.364 e. The molecule has 1 aromatic heterocycles. The van der Waals surface area contributed by atoms with E-state index in [0.717, 1.165) is 11.3 Å². The Morgan fingerprint density at radius 1 is 1.75 bits per heavy atom. The molecule has 0 N–H and O–H groups in total. The van der Waals surface area contributed by atoms with E-state index in [0.29, 0.717) is 0 Å². The van der Waals surface area contributed by atoms with E-state index < -0.39 is 0 Å². The third-order valence-corrected chi connectivity index (χ3v) is 1.06. The Kier molecular flexibility index (Phi) is 1.33. The summed E-state index contributed by atoms with van der Waals surface area (Å²) in [7, 11) is 0. The zero-order valence-corrected chi connectivity index (χ0v) is 5.01. The van der Waals surface area contributed by atoms with Crippen molar-refractivity contribution >= 4 is 0 Å². The average molecular weight is 110 g/mol. The van der Waals surface area contributed by atoms with Crippen LogP contribution in [-0.4, -0.2) is 5.16 Å². The van der Waals surface area contributed by atoms with Gasteiger partial charge in [-0.05, 0) is 6.92 Å². The van der Waals surface area contributed by atoms with Gasteiger partial charge < -0.3 is 4.52 Å². The highest BCUT2D eigenvalue weighted by atomic mass is 16.5. The van der Waals surface area contributed by atoms with Crippen LogP contribution in [0.25, 0.3) is 0 Å². The largest absolute Gasteiger partial charge is 0.364 e. The summed E-state index contributed by atoms with van der Waals surface area (Å²) in [5.74, 6) is 0. The Bertz CT molecular complexity index is 169. The fourth-order valence-electron chi connectivity index (χ4n) is 0.575. The first kappa shape index (κ1) is 5.35. The van der Waals surface area contributed by atoms with Crippen LogP contribution in [0.5, 0.6) is 0 Å². The highest BCUT2D eigenvalue weighted by molar-refractivity contribution is 5.18. The summed E-state index contributed by atoms with van der Waals surface area (Å²) >= 11 is 0. The molecule has 0 aromatic carbocycles. The van der Waals surface area contributed by atoms with Gasteiger partial charge in [0.2, 0.25) is 0 Å². The molecule has 1 radical (unpaired) electrons. The molecule has 0 saturated heterocycles. The van der Waals surface area contributed by atoms with Crippen molar-refractivity contribution in [2.45, 2.75) is 13.8 Å². The molecule has 0 aliphatic rings. The van der Waals surface area contributed by atoms with Gasteiger partial charge in [0, 0.05) is 12.0 Å². The highest BCUT2D eigenvalue weighted by Gasteiger charge is 1.96. The first-order valence-electron chi connectivity index (χ1n) is 2.55. The van der Waals surface area contributed by atoms with Gasteiger partial charge in [0.25, 0.3) is 0 Å². The third-order valence-electron chi connectivity index (χ3n) is 1.06. The van der Waals surface area contributed by atoms with Crippen molar-refractivity contribution in [1.82, 2.24) is 5.16 Å². The molecule has 8 heavy (non-hydrogen) atoms. The summed E-state index contributed by atoms with van der Waals surface area (Å²) in [5.41, 5.74) is 2.03. The number of hydrogen-bond acceptors (Lipinski definition) is 2. The Hall–Kier alpha value is -0.790. The third kappa shape index (κ3) is 0.735. The molecule has 0 aliphatic heterocycles. The molecule has 2 heteroatoms. The van der Waals surface area contributed by atoms with Gasteiger partial charge in [-0.15, -0.1) is 0 Å². The van der Waals surface area contributed by atoms with E-state index in [4.69, 9.17) is 0 Å². The van der Waals surface area contributed by atoms with E-state index in [-0.39, 0.29) is 0 Å². The minimum absolute atomic E-state index is 0.935. The van der Waals surface area contributed by atoms with E-state index in [1.165, 1.54) is 0 Å². The summed E-state index contributed by atoms with van der Waals surface area (Å²) in [6.45, 7) is 3.90. The first-order valence-corrected chi connectivity index (χ1v) is 2.55. The number of nitrogens with zero attached hydrogens (tertiary/aromatic N) is 1. The van der Waals surface area contributed by atoms with Crippen molar-refractivity contribution < 1.29 is 4.52 Å². The van der Waals surface area contributed by atoms with Crippen LogP contribution in [0.4, 0.5) is 0 Å². The topological polar surface area (TPSA) is 26.0 Å². The second-order valence-corrected chi connectivity index (χ2v) is 1.67. The molecule has 1 heterocycles. The van der Waals surface area contributed by atoms with Gasteiger partial charge in [0.1, 0.15) is 6.26 Å². The van der Waals surface area contributed by atoms with Crippen molar-refractivity contribution in [2.75, 3.05) is 0 Å². The lowest BCUT2D eigenvalue weighted by Gasteiger charge is -1.82. The van der Waals surface area contributed by atoms with Crippen LogP contribution < -0.4 is 0 Å². The van der Waals surface area contributed by atoms with E-state index in [2.05, 4.69) is 9.68 Å². The van der Waals surface area contributed by atoms with Crippen molar-refractivity contribution in [2.24, 2.45) is 0 Å². The lowest BCUT2D eigenvalue weighted by Crippen LogP contribution is -1.77. The maximum atomic E-state index is 4.65. The summed E-state index contributed by atoms with van der Waals surface area (Å²) < 4.78 is 4.65. The van der Waals surface area contributed by atoms with Gasteiger partial charge in [-0.25, -0.2) is 0 Å². The Labute approximate surface area is 48.5 Å². The van der Waals surface area contributed by atoms with Gasteiger partial charge in [-0.3, -0.25) is 0 Å². The Balaban J connectivity index is 2.92. The number of aryl methyl sites for hydroxylation is 1. The zero-order chi connectivity index (χ0) is 5.98. The first-order chi connectivity index (χ1) is 3.84. The molecule has 1 aromatic rings. The fraction of sp³-hybridized carbons (Fsp3) is 0.333. The molecule has 0 bridgehead atoms. The van der Waals surface area contributed by atoms with Crippen molar-refractivity contribution in [3.63, 3.8) is 0 Å². The highest BCUT2D eigenvalue weighted by Crippen LogP contribution is 2.04. The van der Waals surface area contributed by atoms with Gasteiger partial charge in [0.15, 0.2) is 0 Å². The van der Waals surface area contributed by atoms with Crippen LogP contribution in [0.2, 0.25) is 0 Å². The quantitative estimate of drug-likeness (QED) is 0.548. The molecule has 43 valence electrons. The molecule has 0 fully saturated rings. The standard InChI is InChI=1S/C6H8NO/c1-3-6-5(2)4-8-7-6/h3-4H,1-2H3. The Morgan fingerprint density at radius 3 is 2.75 bits per heavy atom. The van der Waals surface area contributed by atoms with Crippen LogP contribution in [-0.2, 0) is 0 Å². The summed E-state index contributed by atoms with van der Waals surface area (Å²) in [5, 5.41) is 3.70. The monoisotopic (exact) mass is 110 g/mol. The maximum Gasteiger partial charge on any atom is 0.127 e. The predicted octanol–water partition coefficient (Wildman–Crippen LogP) is 1.56. The molecular weight excluding hydrogens is 102 g/mol. The molecule has 0 spiro atoms. The lowest BCUT2D eigenvalue weighted by atomic mass is 10.2. The number of aromatic nitrogens is 1. The summed E-state index contributed by atoms with van der Waals surface area (Å²) in [6, 6.07) is 0. The minimum atomic E-state index is 0.935. The molecular formula is C6H8NO. The van der Waals surface area contributed by atoms with Crippen LogP contribution in [0.15, 0.2) is 10.8 Å². The van der Waals surface area contributed by atoms with E-state index in [1.54, 1.807) is 6.26 Å².